The number of benzene rings is 1. The average Bonchev–Trinajstić information content (AvgIpc) is 2.40. The fourth-order valence-corrected chi connectivity index (χ4v) is 1.63. The molecule has 0 amide bonds. The molecule has 2 rings (SSSR count). The Labute approximate surface area is 105 Å². The molecule has 1 heterocycles. The molecule has 0 saturated carbocycles. The van der Waals surface area contributed by atoms with E-state index in [0.717, 1.165) is 0 Å². The van der Waals surface area contributed by atoms with Crippen LogP contribution < -0.4 is 5.32 Å². The summed E-state index contributed by atoms with van der Waals surface area (Å²) >= 11 is 0. The van der Waals surface area contributed by atoms with Crippen molar-refractivity contribution < 1.29 is 9.50 Å². The van der Waals surface area contributed by atoms with Crippen molar-refractivity contribution in [2.45, 2.75) is 19.1 Å². The van der Waals surface area contributed by atoms with Crippen molar-refractivity contribution in [2.75, 3.05) is 5.32 Å². The Morgan fingerprint density at radius 3 is 2.56 bits per heavy atom. The number of hydrogen-bond acceptors (Lipinski definition) is 4. The van der Waals surface area contributed by atoms with Crippen LogP contribution in [0.4, 0.5) is 10.2 Å². The number of hydrogen-bond donors (Lipinski definition) is 2. The number of aromatic nitrogens is 2. The first-order chi connectivity index (χ1) is 8.66. The maximum absolute atomic E-state index is 12.8. The Morgan fingerprint density at radius 1 is 1.22 bits per heavy atom. The number of nitrogens with one attached hydrogen (secondary N) is 1. The zero-order chi connectivity index (χ0) is 13.0. The monoisotopic (exact) mass is 247 g/mol. The number of aliphatic hydroxyl groups excluding tert-OH is 1. The molecule has 0 aliphatic rings. The van der Waals surface area contributed by atoms with Crippen molar-refractivity contribution in [1.82, 2.24) is 9.97 Å². The van der Waals surface area contributed by atoms with Gasteiger partial charge in [-0.3, -0.25) is 4.98 Å². The molecule has 5 heteroatoms. The van der Waals surface area contributed by atoms with Crippen molar-refractivity contribution in [3.63, 3.8) is 0 Å². The van der Waals surface area contributed by atoms with Crippen molar-refractivity contribution in [1.29, 1.82) is 0 Å². The molecule has 2 aromatic rings. The number of halogens is 1. The summed E-state index contributed by atoms with van der Waals surface area (Å²) in [5.41, 5.74) is 0.653. The third kappa shape index (κ3) is 3.01. The molecular formula is C13H14FN3O. The zero-order valence-corrected chi connectivity index (χ0v) is 9.92. The van der Waals surface area contributed by atoms with Crippen LogP contribution in [0.15, 0.2) is 42.9 Å². The minimum absolute atomic E-state index is 0.257. The largest absolute Gasteiger partial charge is 0.386 e. The van der Waals surface area contributed by atoms with E-state index >= 15 is 0 Å². The topological polar surface area (TPSA) is 58.0 Å². The zero-order valence-electron chi connectivity index (χ0n) is 9.92. The van der Waals surface area contributed by atoms with E-state index in [1.807, 2.05) is 6.92 Å². The molecule has 0 aliphatic heterocycles. The minimum atomic E-state index is -0.743. The second-order valence-corrected chi connectivity index (χ2v) is 4.02. The predicted molar refractivity (Wildman–Crippen MR) is 66.5 cm³/mol. The molecule has 0 radical (unpaired) electrons. The summed E-state index contributed by atoms with van der Waals surface area (Å²) in [6.45, 7) is 1.82. The molecule has 2 unspecified atom stereocenters. The second-order valence-electron chi connectivity index (χ2n) is 4.02. The summed E-state index contributed by atoms with van der Waals surface area (Å²) in [4.78, 5) is 7.99. The Bertz CT molecular complexity index is 489. The van der Waals surface area contributed by atoms with E-state index in [2.05, 4.69) is 15.3 Å². The van der Waals surface area contributed by atoms with Gasteiger partial charge in [0.15, 0.2) is 0 Å². The van der Waals surface area contributed by atoms with Crippen LogP contribution in [0.1, 0.15) is 18.6 Å². The first kappa shape index (κ1) is 12.4. The van der Waals surface area contributed by atoms with Crippen LogP contribution in [-0.4, -0.2) is 21.1 Å². The van der Waals surface area contributed by atoms with Crippen molar-refractivity contribution in [3.8, 4) is 0 Å². The average molecular weight is 247 g/mol. The molecular weight excluding hydrogens is 233 g/mol. The highest BCUT2D eigenvalue weighted by atomic mass is 19.1. The van der Waals surface area contributed by atoms with Gasteiger partial charge in [-0.15, -0.1) is 0 Å². The van der Waals surface area contributed by atoms with Crippen LogP contribution in [0.25, 0.3) is 0 Å². The molecule has 0 saturated heterocycles. The molecule has 1 aromatic carbocycles. The lowest BCUT2D eigenvalue weighted by molar-refractivity contribution is 0.160. The lowest BCUT2D eigenvalue weighted by Crippen LogP contribution is -2.24. The van der Waals surface area contributed by atoms with Crippen molar-refractivity contribution in [3.05, 3.63) is 54.2 Å². The smallest absolute Gasteiger partial charge is 0.144 e. The third-order valence-corrected chi connectivity index (χ3v) is 2.62. The highest BCUT2D eigenvalue weighted by Gasteiger charge is 2.16. The molecule has 4 nitrogen and oxygen atoms in total. The van der Waals surface area contributed by atoms with E-state index in [4.69, 9.17) is 0 Å². The summed E-state index contributed by atoms with van der Waals surface area (Å²) in [6.07, 6.45) is 3.98. The Kier molecular flexibility index (Phi) is 3.84. The van der Waals surface area contributed by atoms with Crippen LogP contribution in [-0.2, 0) is 0 Å². The van der Waals surface area contributed by atoms with E-state index in [9.17, 15) is 9.50 Å². The third-order valence-electron chi connectivity index (χ3n) is 2.62. The normalized spacial score (nSPS) is 13.9. The van der Waals surface area contributed by atoms with E-state index in [0.29, 0.717) is 11.4 Å². The van der Waals surface area contributed by atoms with Gasteiger partial charge < -0.3 is 10.4 Å². The summed E-state index contributed by atoms with van der Waals surface area (Å²) in [5, 5.41) is 13.1. The van der Waals surface area contributed by atoms with Gasteiger partial charge >= 0.3 is 0 Å². The molecule has 0 fully saturated rings. The maximum Gasteiger partial charge on any atom is 0.144 e. The van der Waals surface area contributed by atoms with E-state index in [-0.39, 0.29) is 11.9 Å². The highest BCUT2D eigenvalue weighted by Crippen LogP contribution is 2.19. The van der Waals surface area contributed by atoms with Gasteiger partial charge in [-0.2, -0.15) is 0 Å². The summed E-state index contributed by atoms with van der Waals surface area (Å²) in [5.74, 6) is 0.270. The standard InChI is InChI=1S/C13H14FN3O/c1-9(17-12-8-15-6-7-16-12)13(18)10-2-4-11(14)5-3-10/h2-9,13,18H,1H3,(H,16,17). The summed E-state index contributed by atoms with van der Waals surface area (Å²) in [6, 6.07) is 5.53. The molecule has 0 aliphatic carbocycles. The van der Waals surface area contributed by atoms with Gasteiger partial charge in [-0.1, -0.05) is 12.1 Å². The predicted octanol–water partition coefficient (Wildman–Crippen LogP) is 2.15. The molecule has 2 atom stereocenters. The van der Waals surface area contributed by atoms with E-state index in [1.165, 1.54) is 12.1 Å². The fourth-order valence-electron chi connectivity index (χ4n) is 1.63. The van der Waals surface area contributed by atoms with Crippen molar-refractivity contribution >= 4 is 5.82 Å². The molecule has 0 spiro atoms. The van der Waals surface area contributed by atoms with Gasteiger partial charge in [0, 0.05) is 12.4 Å². The van der Waals surface area contributed by atoms with Gasteiger partial charge in [-0.05, 0) is 24.6 Å². The van der Waals surface area contributed by atoms with Crippen LogP contribution in [0.2, 0.25) is 0 Å². The number of nitrogens with zero attached hydrogens (tertiary/aromatic N) is 2. The van der Waals surface area contributed by atoms with Gasteiger partial charge in [-0.25, -0.2) is 9.37 Å². The highest BCUT2D eigenvalue weighted by molar-refractivity contribution is 5.33. The second kappa shape index (κ2) is 5.55. The molecule has 0 bridgehead atoms. The lowest BCUT2D eigenvalue weighted by Gasteiger charge is -2.20. The fraction of sp³-hybridized carbons (Fsp3) is 0.231. The van der Waals surface area contributed by atoms with E-state index in [1.54, 1.807) is 30.7 Å². The Morgan fingerprint density at radius 2 is 1.94 bits per heavy atom. The molecule has 1 aromatic heterocycles. The maximum atomic E-state index is 12.8. The number of aliphatic hydroxyl groups is 1. The quantitative estimate of drug-likeness (QED) is 0.869. The van der Waals surface area contributed by atoms with Gasteiger partial charge in [0.05, 0.1) is 18.3 Å². The molecule has 18 heavy (non-hydrogen) atoms. The van der Waals surface area contributed by atoms with Gasteiger partial charge in [0.2, 0.25) is 0 Å². The van der Waals surface area contributed by atoms with Crippen LogP contribution in [0, 0.1) is 5.82 Å². The first-order valence-corrected chi connectivity index (χ1v) is 5.63. The van der Waals surface area contributed by atoms with Gasteiger partial charge in [0.1, 0.15) is 11.6 Å². The SMILES string of the molecule is CC(Nc1cnccn1)C(O)c1ccc(F)cc1. The lowest BCUT2D eigenvalue weighted by atomic mass is 10.0. The molecule has 2 N–H and O–H groups in total. The Hall–Kier alpha value is -2.01. The number of anilines is 1. The van der Waals surface area contributed by atoms with Crippen LogP contribution in [0.5, 0.6) is 0 Å². The minimum Gasteiger partial charge on any atom is -0.386 e. The van der Waals surface area contributed by atoms with Gasteiger partial charge in [0.25, 0.3) is 0 Å². The van der Waals surface area contributed by atoms with Crippen LogP contribution >= 0.6 is 0 Å². The summed E-state index contributed by atoms with van der Waals surface area (Å²) in [7, 11) is 0. The number of rotatable bonds is 4. The Balaban J connectivity index is 2.05. The summed E-state index contributed by atoms with van der Waals surface area (Å²) < 4.78 is 12.8. The van der Waals surface area contributed by atoms with E-state index < -0.39 is 6.10 Å². The van der Waals surface area contributed by atoms with Crippen LogP contribution in [0.3, 0.4) is 0 Å². The first-order valence-electron chi connectivity index (χ1n) is 5.63. The molecule has 94 valence electrons. The van der Waals surface area contributed by atoms with Crippen molar-refractivity contribution in [2.24, 2.45) is 0 Å².